The first-order chi connectivity index (χ1) is 8.09. The summed E-state index contributed by atoms with van der Waals surface area (Å²) in [6, 6.07) is 3.09. The lowest BCUT2D eigenvalue weighted by molar-refractivity contribution is 0.0895. The van der Waals surface area contributed by atoms with E-state index in [4.69, 9.17) is 34.8 Å². The number of benzene rings is 1. The monoisotopic (exact) mass is 291 g/mol. The van der Waals surface area contributed by atoms with E-state index in [0.29, 0.717) is 20.6 Å². The van der Waals surface area contributed by atoms with Gasteiger partial charge in [-0.2, -0.15) is 0 Å². The Balaban J connectivity index is 2.26. The lowest BCUT2D eigenvalue weighted by atomic mass is 9.89. The summed E-state index contributed by atoms with van der Waals surface area (Å²) in [5.74, 6) is 0.0982. The van der Waals surface area contributed by atoms with E-state index < -0.39 is 0 Å². The van der Waals surface area contributed by atoms with Gasteiger partial charge in [-0.1, -0.05) is 34.8 Å². The van der Waals surface area contributed by atoms with E-state index in [2.05, 4.69) is 5.32 Å². The van der Waals surface area contributed by atoms with Crippen LogP contribution in [0.15, 0.2) is 12.1 Å². The van der Waals surface area contributed by atoms with Crippen molar-refractivity contribution in [3.63, 3.8) is 0 Å². The minimum atomic E-state index is 0.0333. The lowest BCUT2D eigenvalue weighted by Gasteiger charge is -2.21. The molecule has 17 heavy (non-hydrogen) atoms. The summed E-state index contributed by atoms with van der Waals surface area (Å²) in [4.78, 5) is 12.3. The van der Waals surface area contributed by atoms with Gasteiger partial charge in [0.25, 0.3) is 0 Å². The second-order valence-corrected chi connectivity index (χ2v) is 5.36. The number of halogens is 3. The predicted octanol–water partition coefficient (Wildman–Crippen LogP) is 3.83. The fourth-order valence-electron chi connectivity index (χ4n) is 2.02. The van der Waals surface area contributed by atoms with Crippen molar-refractivity contribution in [2.75, 3.05) is 13.1 Å². The minimum Gasteiger partial charge on any atom is -0.317 e. The van der Waals surface area contributed by atoms with Gasteiger partial charge in [0.1, 0.15) is 0 Å². The normalized spacial score (nSPS) is 17.1. The Morgan fingerprint density at radius 1 is 1.06 bits per heavy atom. The van der Waals surface area contributed by atoms with Gasteiger partial charge in [-0.3, -0.25) is 4.79 Å². The summed E-state index contributed by atoms with van der Waals surface area (Å²) in [7, 11) is 0. The summed E-state index contributed by atoms with van der Waals surface area (Å²) in [5, 5.41) is 4.34. The molecular weight excluding hydrogens is 280 g/mol. The third-order valence-corrected chi connectivity index (χ3v) is 4.02. The number of hydrogen-bond acceptors (Lipinski definition) is 2. The SMILES string of the molecule is O=C(c1cc(Cl)c(Cl)cc1Cl)C1CCNCC1. The highest BCUT2D eigenvalue weighted by molar-refractivity contribution is 6.44. The van der Waals surface area contributed by atoms with Crippen molar-refractivity contribution in [2.24, 2.45) is 5.92 Å². The van der Waals surface area contributed by atoms with E-state index in [9.17, 15) is 4.79 Å². The van der Waals surface area contributed by atoms with Crippen LogP contribution in [0.25, 0.3) is 0 Å². The molecule has 1 fully saturated rings. The highest BCUT2D eigenvalue weighted by Gasteiger charge is 2.24. The molecular formula is C12H12Cl3NO. The smallest absolute Gasteiger partial charge is 0.167 e. The van der Waals surface area contributed by atoms with Crippen LogP contribution in [0.3, 0.4) is 0 Å². The number of carbonyl (C=O) groups is 1. The van der Waals surface area contributed by atoms with Crippen molar-refractivity contribution in [2.45, 2.75) is 12.8 Å². The van der Waals surface area contributed by atoms with E-state index in [1.54, 1.807) is 6.07 Å². The van der Waals surface area contributed by atoms with Crippen LogP contribution in [0.1, 0.15) is 23.2 Å². The summed E-state index contributed by atoms with van der Waals surface area (Å²) in [6.07, 6.45) is 1.69. The van der Waals surface area contributed by atoms with Gasteiger partial charge in [-0.15, -0.1) is 0 Å². The Labute approximate surface area is 115 Å². The fourth-order valence-corrected chi connectivity index (χ4v) is 2.66. The van der Waals surface area contributed by atoms with Crippen molar-refractivity contribution < 1.29 is 4.79 Å². The molecule has 2 rings (SSSR count). The highest BCUT2D eigenvalue weighted by Crippen LogP contribution is 2.31. The largest absolute Gasteiger partial charge is 0.317 e. The Morgan fingerprint density at radius 2 is 1.65 bits per heavy atom. The second kappa shape index (κ2) is 5.57. The van der Waals surface area contributed by atoms with Crippen LogP contribution in [0.2, 0.25) is 15.1 Å². The molecule has 0 amide bonds. The number of ketones is 1. The topological polar surface area (TPSA) is 29.1 Å². The molecule has 2 nitrogen and oxygen atoms in total. The Morgan fingerprint density at radius 3 is 2.29 bits per heavy atom. The first-order valence-electron chi connectivity index (χ1n) is 5.49. The molecule has 0 aromatic heterocycles. The number of nitrogens with one attached hydrogen (secondary N) is 1. The molecule has 92 valence electrons. The molecule has 1 aromatic rings. The molecule has 0 spiro atoms. The zero-order chi connectivity index (χ0) is 12.4. The van der Waals surface area contributed by atoms with Crippen LogP contribution in [-0.2, 0) is 0 Å². The van der Waals surface area contributed by atoms with Crippen molar-refractivity contribution in [3.05, 3.63) is 32.8 Å². The molecule has 0 bridgehead atoms. The summed E-state index contributed by atoms with van der Waals surface area (Å²) < 4.78 is 0. The fraction of sp³-hybridized carbons (Fsp3) is 0.417. The molecule has 0 atom stereocenters. The highest BCUT2D eigenvalue weighted by atomic mass is 35.5. The van der Waals surface area contributed by atoms with E-state index >= 15 is 0 Å². The quantitative estimate of drug-likeness (QED) is 0.663. The van der Waals surface area contributed by atoms with Crippen LogP contribution < -0.4 is 5.32 Å². The van der Waals surface area contributed by atoms with Gasteiger partial charge in [-0.25, -0.2) is 0 Å². The molecule has 0 saturated carbocycles. The maximum atomic E-state index is 12.3. The summed E-state index contributed by atoms with van der Waals surface area (Å²) in [5.41, 5.74) is 0.480. The number of rotatable bonds is 2. The van der Waals surface area contributed by atoms with Gasteiger partial charge >= 0.3 is 0 Å². The average molecular weight is 293 g/mol. The first-order valence-corrected chi connectivity index (χ1v) is 6.62. The molecule has 0 unspecified atom stereocenters. The van der Waals surface area contributed by atoms with E-state index in [0.717, 1.165) is 25.9 Å². The van der Waals surface area contributed by atoms with Gasteiger partial charge in [0.05, 0.1) is 15.1 Å². The number of hydrogen-bond donors (Lipinski definition) is 1. The number of piperidine rings is 1. The van der Waals surface area contributed by atoms with E-state index in [-0.39, 0.29) is 11.7 Å². The van der Waals surface area contributed by atoms with Gasteiger partial charge < -0.3 is 5.32 Å². The standard InChI is InChI=1S/C12H12Cl3NO/c13-9-6-11(15)10(14)5-8(9)12(17)7-1-3-16-4-2-7/h5-7,16H,1-4H2. The van der Waals surface area contributed by atoms with Crippen LogP contribution in [0.4, 0.5) is 0 Å². The molecule has 1 heterocycles. The lowest BCUT2D eigenvalue weighted by Crippen LogP contribution is -2.32. The van der Waals surface area contributed by atoms with Gasteiger partial charge in [-0.05, 0) is 38.1 Å². The molecule has 1 saturated heterocycles. The number of Topliss-reactive ketones (excluding diaryl/α,β-unsaturated/α-hetero) is 1. The van der Waals surface area contributed by atoms with Crippen molar-refractivity contribution >= 4 is 40.6 Å². The van der Waals surface area contributed by atoms with Crippen molar-refractivity contribution in [1.29, 1.82) is 0 Å². The van der Waals surface area contributed by atoms with Crippen LogP contribution in [-0.4, -0.2) is 18.9 Å². The zero-order valence-corrected chi connectivity index (χ0v) is 11.4. The molecule has 0 aliphatic carbocycles. The molecule has 0 radical (unpaired) electrons. The second-order valence-electron chi connectivity index (χ2n) is 4.13. The van der Waals surface area contributed by atoms with Crippen molar-refractivity contribution in [1.82, 2.24) is 5.32 Å². The molecule has 1 aliphatic rings. The third-order valence-electron chi connectivity index (χ3n) is 2.99. The summed E-state index contributed by atoms with van der Waals surface area (Å²) >= 11 is 17.8. The van der Waals surface area contributed by atoms with Gasteiger partial charge in [0, 0.05) is 11.5 Å². The van der Waals surface area contributed by atoms with Crippen LogP contribution >= 0.6 is 34.8 Å². The Kier molecular flexibility index (Phi) is 4.31. The van der Waals surface area contributed by atoms with E-state index in [1.165, 1.54) is 6.07 Å². The Hall–Kier alpha value is -0.280. The van der Waals surface area contributed by atoms with E-state index in [1.807, 2.05) is 0 Å². The minimum absolute atomic E-state index is 0.0333. The zero-order valence-electron chi connectivity index (χ0n) is 9.10. The van der Waals surface area contributed by atoms with Gasteiger partial charge in [0.2, 0.25) is 0 Å². The van der Waals surface area contributed by atoms with Crippen LogP contribution in [0, 0.1) is 5.92 Å². The first kappa shape index (κ1) is 13.2. The summed E-state index contributed by atoms with van der Waals surface area (Å²) in [6.45, 7) is 1.74. The maximum Gasteiger partial charge on any atom is 0.167 e. The molecule has 1 aliphatic heterocycles. The maximum absolute atomic E-state index is 12.3. The van der Waals surface area contributed by atoms with Crippen molar-refractivity contribution in [3.8, 4) is 0 Å². The third kappa shape index (κ3) is 2.94. The predicted molar refractivity (Wildman–Crippen MR) is 71.4 cm³/mol. The van der Waals surface area contributed by atoms with Crippen LogP contribution in [0.5, 0.6) is 0 Å². The molecule has 1 N–H and O–H groups in total. The number of carbonyl (C=O) groups excluding carboxylic acids is 1. The van der Waals surface area contributed by atoms with Gasteiger partial charge in [0.15, 0.2) is 5.78 Å². The molecule has 5 heteroatoms. The Bertz CT molecular complexity index is 442. The average Bonchev–Trinajstić information content (AvgIpc) is 2.34. The molecule has 1 aromatic carbocycles.